The first-order valence-electron chi connectivity index (χ1n) is 11.2. The van der Waals surface area contributed by atoms with E-state index in [1.807, 2.05) is 0 Å². The van der Waals surface area contributed by atoms with Gasteiger partial charge in [-0.25, -0.2) is 4.79 Å². The van der Waals surface area contributed by atoms with E-state index in [4.69, 9.17) is 32.8 Å². The Kier molecular flexibility index (Phi) is 8.14. The molecule has 0 aromatic heterocycles. The lowest BCUT2D eigenvalue weighted by Crippen LogP contribution is -2.40. The Labute approximate surface area is 221 Å². The SMILES string of the molecule is COc1ccccc1NC(=O)N(Cc1ccc(C(F)(F)F)cc1)C[C@H]1CC(c2ccc(Cl)c(Cl)c2)=NO1. The van der Waals surface area contributed by atoms with Crippen LogP contribution in [0.5, 0.6) is 5.75 Å². The van der Waals surface area contributed by atoms with Crippen LogP contribution in [-0.2, 0) is 17.6 Å². The van der Waals surface area contributed by atoms with Crippen LogP contribution in [-0.4, -0.2) is 36.4 Å². The van der Waals surface area contributed by atoms with Gasteiger partial charge in [-0.15, -0.1) is 0 Å². The molecule has 0 unspecified atom stereocenters. The Morgan fingerprint density at radius 2 is 1.84 bits per heavy atom. The number of alkyl halides is 3. The number of benzene rings is 3. The molecule has 1 aliphatic heterocycles. The van der Waals surface area contributed by atoms with Gasteiger partial charge in [-0.2, -0.15) is 13.2 Å². The molecule has 0 fully saturated rings. The minimum Gasteiger partial charge on any atom is -0.495 e. The van der Waals surface area contributed by atoms with Crippen molar-refractivity contribution in [3.63, 3.8) is 0 Å². The number of anilines is 1. The molecular weight excluding hydrogens is 530 g/mol. The number of nitrogens with zero attached hydrogens (tertiary/aromatic N) is 2. The Hall–Kier alpha value is -3.43. The van der Waals surface area contributed by atoms with Gasteiger partial charge >= 0.3 is 12.2 Å². The second-order valence-corrected chi connectivity index (χ2v) is 9.12. The third-order valence-corrected chi connectivity index (χ3v) is 6.44. The molecule has 3 aromatic rings. The summed E-state index contributed by atoms with van der Waals surface area (Å²) in [6.45, 7) is 0.164. The molecule has 194 valence electrons. The molecule has 1 heterocycles. The zero-order valence-corrected chi connectivity index (χ0v) is 21.1. The van der Waals surface area contributed by atoms with Gasteiger partial charge in [-0.3, -0.25) is 0 Å². The second kappa shape index (κ2) is 11.3. The summed E-state index contributed by atoms with van der Waals surface area (Å²) in [6.07, 6.45) is -4.54. The average molecular weight is 552 g/mol. The number of methoxy groups -OCH3 is 1. The molecule has 0 saturated carbocycles. The maximum atomic E-state index is 13.3. The van der Waals surface area contributed by atoms with E-state index in [1.54, 1.807) is 42.5 Å². The number of ether oxygens (including phenoxy) is 1. The van der Waals surface area contributed by atoms with E-state index in [0.29, 0.717) is 39.2 Å². The van der Waals surface area contributed by atoms with E-state index >= 15 is 0 Å². The first-order chi connectivity index (χ1) is 17.6. The highest BCUT2D eigenvalue weighted by Crippen LogP contribution is 2.30. The third kappa shape index (κ3) is 6.67. The maximum Gasteiger partial charge on any atom is 0.416 e. The summed E-state index contributed by atoms with van der Waals surface area (Å²) in [5.74, 6) is 0.465. The molecule has 3 aromatic carbocycles. The van der Waals surface area contributed by atoms with E-state index in [0.717, 1.165) is 17.7 Å². The van der Waals surface area contributed by atoms with Crippen LogP contribution in [0.15, 0.2) is 71.9 Å². The Bertz CT molecular complexity index is 1300. The molecule has 6 nitrogen and oxygen atoms in total. The van der Waals surface area contributed by atoms with Gasteiger partial charge in [0, 0.05) is 18.5 Å². The number of hydrogen-bond acceptors (Lipinski definition) is 4. The monoisotopic (exact) mass is 551 g/mol. The van der Waals surface area contributed by atoms with E-state index in [-0.39, 0.29) is 13.1 Å². The van der Waals surface area contributed by atoms with Crippen LogP contribution in [0, 0.1) is 0 Å². The molecule has 0 bridgehead atoms. The lowest BCUT2D eigenvalue weighted by atomic mass is 10.0. The van der Waals surface area contributed by atoms with Crippen molar-refractivity contribution in [1.82, 2.24) is 4.90 Å². The van der Waals surface area contributed by atoms with Crippen molar-refractivity contribution in [3.05, 3.63) is 93.5 Å². The number of para-hydroxylation sites is 2. The Balaban J connectivity index is 1.51. The lowest BCUT2D eigenvalue weighted by molar-refractivity contribution is -0.137. The van der Waals surface area contributed by atoms with Gasteiger partial charge in [0.2, 0.25) is 0 Å². The van der Waals surface area contributed by atoms with Gasteiger partial charge in [0.15, 0.2) is 6.10 Å². The van der Waals surface area contributed by atoms with Crippen LogP contribution in [0.2, 0.25) is 10.0 Å². The van der Waals surface area contributed by atoms with Crippen LogP contribution in [0.1, 0.15) is 23.1 Å². The molecular formula is C26H22Cl2F3N3O3. The minimum atomic E-state index is -4.45. The third-order valence-electron chi connectivity index (χ3n) is 5.70. The molecule has 1 aliphatic rings. The van der Waals surface area contributed by atoms with Gasteiger partial charge in [-0.1, -0.05) is 58.7 Å². The number of nitrogens with one attached hydrogen (secondary N) is 1. The largest absolute Gasteiger partial charge is 0.495 e. The molecule has 0 saturated heterocycles. The molecule has 4 rings (SSSR count). The number of amides is 2. The smallest absolute Gasteiger partial charge is 0.416 e. The van der Waals surface area contributed by atoms with Crippen LogP contribution in [0.4, 0.5) is 23.7 Å². The van der Waals surface area contributed by atoms with Crippen molar-refractivity contribution in [2.75, 3.05) is 19.0 Å². The minimum absolute atomic E-state index is 0.0427. The second-order valence-electron chi connectivity index (χ2n) is 8.30. The lowest BCUT2D eigenvalue weighted by Gasteiger charge is -2.26. The van der Waals surface area contributed by atoms with Crippen LogP contribution < -0.4 is 10.1 Å². The maximum absolute atomic E-state index is 13.3. The first kappa shape index (κ1) is 26.6. The number of oxime groups is 1. The number of urea groups is 1. The number of hydrogen-bond donors (Lipinski definition) is 1. The van der Waals surface area contributed by atoms with Crippen molar-refractivity contribution in [2.24, 2.45) is 5.16 Å². The van der Waals surface area contributed by atoms with E-state index in [2.05, 4.69) is 10.5 Å². The molecule has 11 heteroatoms. The van der Waals surface area contributed by atoms with Gasteiger partial charge in [0.25, 0.3) is 0 Å². The van der Waals surface area contributed by atoms with Crippen molar-refractivity contribution in [3.8, 4) is 5.75 Å². The predicted octanol–water partition coefficient (Wildman–Crippen LogP) is 7.25. The fourth-order valence-corrected chi connectivity index (χ4v) is 4.10. The van der Waals surface area contributed by atoms with Crippen molar-refractivity contribution in [1.29, 1.82) is 0 Å². The zero-order valence-electron chi connectivity index (χ0n) is 19.6. The van der Waals surface area contributed by atoms with Crippen LogP contribution in [0.25, 0.3) is 0 Å². The first-order valence-corrected chi connectivity index (χ1v) is 11.9. The normalized spacial score (nSPS) is 15.1. The number of carbonyl (C=O) groups excluding carboxylic acids is 1. The topological polar surface area (TPSA) is 63.2 Å². The predicted molar refractivity (Wildman–Crippen MR) is 136 cm³/mol. The fraction of sp³-hybridized carbons (Fsp3) is 0.231. The average Bonchev–Trinajstić information content (AvgIpc) is 3.34. The molecule has 1 N–H and O–H groups in total. The zero-order chi connectivity index (χ0) is 26.6. The standard InChI is InChI=1S/C26H22Cl2F3N3O3/c1-36-24-5-3-2-4-22(24)32-25(35)34(14-16-6-9-18(10-7-16)26(29,30)31)15-19-13-23(33-37-19)17-8-11-20(27)21(28)12-17/h2-12,19H,13-15H2,1H3,(H,32,35)/t19-/m1/s1. The molecule has 0 radical (unpaired) electrons. The number of halogens is 5. The van der Waals surface area contributed by atoms with Gasteiger partial charge in [0.1, 0.15) is 5.75 Å². The highest BCUT2D eigenvalue weighted by molar-refractivity contribution is 6.42. The highest BCUT2D eigenvalue weighted by atomic mass is 35.5. The van der Waals surface area contributed by atoms with Crippen molar-refractivity contribution >= 4 is 40.6 Å². The number of rotatable bonds is 7. The molecule has 37 heavy (non-hydrogen) atoms. The summed E-state index contributed by atoms with van der Waals surface area (Å²) in [4.78, 5) is 20.3. The van der Waals surface area contributed by atoms with E-state index < -0.39 is 23.9 Å². The Morgan fingerprint density at radius 3 is 2.51 bits per heavy atom. The summed E-state index contributed by atoms with van der Waals surface area (Å²) >= 11 is 12.1. The molecule has 1 atom stereocenters. The molecule has 2 amide bonds. The van der Waals surface area contributed by atoms with Crippen LogP contribution in [0.3, 0.4) is 0 Å². The quantitative estimate of drug-likeness (QED) is 0.336. The summed E-state index contributed by atoms with van der Waals surface area (Å²) in [6, 6.07) is 16.2. The summed E-state index contributed by atoms with van der Waals surface area (Å²) in [7, 11) is 1.49. The van der Waals surface area contributed by atoms with Crippen LogP contribution >= 0.6 is 23.2 Å². The number of carbonyl (C=O) groups is 1. The van der Waals surface area contributed by atoms with E-state index in [1.165, 1.54) is 24.1 Å². The van der Waals surface area contributed by atoms with E-state index in [9.17, 15) is 18.0 Å². The summed E-state index contributed by atoms with van der Waals surface area (Å²) in [5, 5.41) is 7.74. The van der Waals surface area contributed by atoms with Gasteiger partial charge in [-0.05, 0) is 42.0 Å². The Morgan fingerprint density at radius 1 is 1.11 bits per heavy atom. The van der Waals surface area contributed by atoms with Gasteiger partial charge in [0.05, 0.1) is 40.7 Å². The van der Waals surface area contributed by atoms with Gasteiger partial charge < -0.3 is 19.8 Å². The van der Waals surface area contributed by atoms with Crippen molar-refractivity contribution < 1.29 is 27.5 Å². The fourth-order valence-electron chi connectivity index (χ4n) is 3.80. The molecule has 0 spiro atoms. The summed E-state index contributed by atoms with van der Waals surface area (Å²) < 4.78 is 44.3. The summed E-state index contributed by atoms with van der Waals surface area (Å²) in [5.41, 5.74) is 1.59. The molecule has 0 aliphatic carbocycles. The highest BCUT2D eigenvalue weighted by Gasteiger charge is 2.31. The van der Waals surface area contributed by atoms with Crippen molar-refractivity contribution in [2.45, 2.75) is 25.2 Å².